The van der Waals surface area contributed by atoms with Gasteiger partial charge in [-0.25, -0.2) is 0 Å². The summed E-state index contributed by atoms with van der Waals surface area (Å²) in [5.41, 5.74) is 5.02. The Bertz CT molecular complexity index is 563. The van der Waals surface area contributed by atoms with Gasteiger partial charge in [0, 0.05) is 0 Å². The molecule has 1 aromatic rings. The molecule has 0 bridgehead atoms. The highest BCUT2D eigenvalue weighted by molar-refractivity contribution is 5.38. The summed E-state index contributed by atoms with van der Waals surface area (Å²) >= 11 is 0. The molecular formula is C21H30O. The van der Waals surface area contributed by atoms with Crippen LogP contribution >= 0.6 is 0 Å². The van der Waals surface area contributed by atoms with Crippen molar-refractivity contribution in [3.63, 3.8) is 0 Å². The Kier molecular flexibility index (Phi) is 3.60. The molecule has 0 heterocycles. The van der Waals surface area contributed by atoms with Gasteiger partial charge in [-0.15, -0.1) is 0 Å². The van der Waals surface area contributed by atoms with Crippen LogP contribution in [0.4, 0.5) is 0 Å². The van der Waals surface area contributed by atoms with E-state index in [1.165, 1.54) is 50.5 Å². The fraction of sp³-hybridized carbons (Fsp3) is 0.714. The second kappa shape index (κ2) is 5.37. The molecule has 1 nitrogen and oxygen atoms in total. The largest absolute Gasteiger partial charge is 0.393 e. The standard InChI is InChI=1S/C21H30O/c1-3-4-14-5-7-16-15(13-14)6-8-18-17(16)11-12-21(2)19(18)9-10-20(21)22/h5,7,13,17-20,22H,3-4,6,8-12H2,1-2H3/t17?,18?,19?,20-,21-/m0/s1. The molecule has 0 saturated heterocycles. The zero-order valence-corrected chi connectivity index (χ0v) is 14.1. The number of hydrogen-bond acceptors (Lipinski definition) is 1. The molecule has 2 saturated carbocycles. The number of rotatable bonds is 2. The van der Waals surface area contributed by atoms with Crippen molar-refractivity contribution in [1.82, 2.24) is 0 Å². The minimum atomic E-state index is -0.0493. The van der Waals surface area contributed by atoms with Crippen molar-refractivity contribution < 1.29 is 5.11 Å². The Balaban J connectivity index is 1.64. The molecule has 3 aliphatic rings. The molecule has 22 heavy (non-hydrogen) atoms. The first kappa shape index (κ1) is 14.8. The van der Waals surface area contributed by atoms with E-state index in [-0.39, 0.29) is 11.5 Å². The summed E-state index contributed by atoms with van der Waals surface area (Å²) in [6.45, 7) is 4.63. The second-order valence-electron chi connectivity index (χ2n) is 8.34. The molecule has 0 aliphatic heterocycles. The van der Waals surface area contributed by atoms with E-state index in [9.17, 15) is 5.11 Å². The lowest BCUT2D eigenvalue weighted by molar-refractivity contribution is -0.0226. The first-order chi connectivity index (χ1) is 10.6. The van der Waals surface area contributed by atoms with Crippen LogP contribution in [0.3, 0.4) is 0 Å². The lowest BCUT2D eigenvalue weighted by atomic mass is 9.55. The van der Waals surface area contributed by atoms with Gasteiger partial charge in [-0.2, -0.15) is 0 Å². The molecule has 0 radical (unpaired) electrons. The summed E-state index contributed by atoms with van der Waals surface area (Å²) < 4.78 is 0. The minimum Gasteiger partial charge on any atom is -0.393 e. The third kappa shape index (κ3) is 2.08. The van der Waals surface area contributed by atoms with Gasteiger partial charge in [-0.05, 0) is 84.8 Å². The SMILES string of the molecule is CCCc1ccc2c(c1)CCC1C2CC[C@@]2(C)C1CC[C@@H]2O. The van der Waals surface area contributed by atoms with Crippen LogP contribution in [0, 0.1) is 17.3 Å². The zero-order valence-electron chi connectivity index (χ0n) is 14.1. The lowest BCUT2D eigenvalue weighted by Gasteiger charge is -2.50. The van der Waals surface area contributed by atoms with Gasteiger partial charge in [-0.3, -0.25) is 0 Å². The fourth-order valence-corrected chi connectivity index (χ4v) is 6.05. The van der Waals surface area contributed by atoms with Crippen LogP contribution in [0.5, 0.6) is 0 Å². The molecule has 2 fully saturated rings. The number of aryl methyl sites for hydroxylation is 2. The van der Waals surface area contributed by atoms with E-state index in [1.54, 1.807) is 11.1 Å². The summed E-state index contributed by atoms with van der Waals surface area (Å²) in [6.07, 6.45) is 9.81. The average molecular weight is 298 g/mol. The maximum Gasteiger partial charge on any atom is 0.0596 e. The highest BCUT2D eigenvalue weighted by Crippen LogP contribution is 2.60. The summed E-state index contributed by atoms with van der Waals surface area (Å²) in [6, 6.07) is 7.32. The van der Waals surface area contributed by atoms with Crippen LogP contribution in [0.1, 0.15) is 75.0 Å². The summed E-state index contributed by atoms with van der Waals surface area (Å²) in [7, 11) is 0. The number of aliphatic hydroxyl groups excluding tert-OH is 1. The summed E-state index contributed by atoms with van der Waals surface area (Å²) in [5.74, 6) is 2.34. The van der Waals surface area contributed by atoms with Gasteiger partial charge in [0.1, 0.15) is 0 Å². The van der Waals surface area contributed by atoms with Gasteiger partial charge < -0.3 is 5.11 Å². The highest BCUT2D eigenvalue weighted by Gasteiger charge is 2.54. The second-order valence-corrected chi connectivity index (χ2v) is 8.34. The molecule has 3 unspecified atom stereocenters. The third-order valence-electron chi connectivity index (χ3n) is 7.28. The van der Waals surface area contributed by atoms with Crippen LogP contribution < -0.4 is 0 Å². The van der Waals surface area contributed by atoms with E-state index >= 15 is 0 Å². The smallest absolute Gasteiger partial charge is 0.0596 e. The highest BCUT2D eigenvalue weighted by atomic mass is 16.3. The van der Waals surface area contributed by atoms with Gasteiger partial charge in [0.15, 0.2) is 0 Å². The quantitative estimate of drug-likeness (QED) is 0.827. The van der Waals surface area contributed by atoms with Crippen molar-refractivity contribution in [3.05, 3.63) is 34.9 Å². The Morgan fingerprint density at radius 1 is 1.18 bits per heavy atom. The normalized spacial score (nSPS) is 40.0. The number of benzene rings is 1. The minimum absolute atomic E-state index is 0.0493. The molecule has 0 aromatic heterocycles. The maximum absolute atomic E-state index is 10.5. The van der Waals surface area contributed by atoms with Crippen LogP contribution in [0.15, 0.2) is 18.2 Å². The van der Waals surface area contributed by atoms with E-state index in [2.05, 4.69) is 32.0 Å². The molecule has 120 valence electrons. The first-order valence-electron chi connectivity index (χ1n) is 9.43. The monoisotopic (exact) mass is 298 g/mol. The van der Waals surface area contributed by atoms with Gasteiger partial charge >= 0.3 is 0 Å². The molecule has 4 rings (SSSR count). The van der Waals surface area contributed by atoms with E-state index in [4.69, 9.17) is 0 Å². The van der Waals surface area contributed by atoms with E-state index < -0.39 is 0 Å². The third-order valence-corrected chi connectivity index (χ3v) is 7.28. The Labute approximate surface area is 135 Å². The van der Waals surface area contributed by atoms with Gasteiger partial charge in [0.05, 0.1) is 6.10 Å². The van der Waals surface area contributed by atoms with E-state index in [1.807, 2.05) is 0 Å². The predicted molar refractivity (Wildman–Crippen MR) is 91.1 cm³/mol. The molecule has 1 N–H and O–H groups in total. The topological polar surface area (TPSA) is 20.2 Å². The number of hydrogen-bond donors (Lipinski definition) is 1. The van der Waals surface area contributed by atoms with Crippen molar-refractivity contribution >= 4 is 0 Å². The number of fused-ring (bicyclic) bond motifs is 5. The van der Waals surface area contributed by atoms with Gasteiger partial charge in [0.25, 0.3) is 0 Å². The van der Waals surface area contributed by atoms with Crippen molar-refractivity contribution in [1.29, 1.82) is 0 Å². The fourth-order valence-electron chi connectivity index (χ4n) is 6.05. The van der Waals surface area contributed by atoms with Crippen molar-refractivity contribution in [2.45, 2.75) is 77.2 Å². The summed E-state index contributed by atoms with van der Waals surface area (Å²) in [4.78, 5) is 0. The first-order valence-corrected chi connectivity index (χ1v) is 9.43. The van der Waals surface area contributed by atoms with E-state index in [0.717, 1.165) is 24.2 Å². The van der Waals surface area contributed by atoms with Gasteiger partial charge in [-0.1, -0.05) is 38.5 Å². The predicted octanol–water partition coefficient (Wildman–Crippen LogP) is 4.86. The van der Waals surface area contributed by atoms with Crippen LogP contribution in [-0.2, 0) is 12.8 Å². The van der Waals surface area contributed by atoms with Crippen molar-refractivity contribution in [3.8, 4) is 0 Å². The van der Waals surface area contributed by atoms with E-state index in [0.29, 0.717) is 0 Å². The van der Waals surface area contributed by atoms with Crippen molar-refractivity contribution in [2.75, 3.05) is 0 Å². The summed E-state index contributed by atoms with van der Waals surface area (Å²) in [5, 5.41) is 10.5. The Morgan fingerprint density at radius 3 is 2.86 bits per heavy atom. The van der Waals surface area contributed by atoms with Gasteiger partial charge in [0.2, 0.25) is 0 Å². The van der Waals surface area contributed by atoms with Crippen LogP contribution in [-0.4, -0.2) is 11.2 Å². The number of aliphatic hydroxyl groups is 1. The molecular weight excluding hydrogens is 268 g/mol. The maximum atomic E-state index is 10.5. The molecule has 0 spiro atoms. The molecule has 0 amide bonds. The molecule has 5 atom stereocenters. The van der Waals surface area contributed by atoms with Crippen LogP contribution in [0.2, 0.25) is 0 Å². The van der Waals surface area contributed by atoms with Crippen LogP contribution in [0.25, 0.3) is 0 Å². The average Bonchev–Trinajstić information content (AvgIpc) is 2.83. The molecule has 3 aliphatic carbocycles. The lowest BCUT2D eigenvalue weighted by Crippen LogP contribution is -2.43. The molecule has 1 aromatic carbocycles. The molecule has 1 heteroatoms. The Hall–Kier alpha value is -0.820. The Morgan fingerprint density at radius 2 is 2.05 bits per heavy atom. The zero-order chi connectivity index (χ0) is 15.3. The van der Waals surface area contributed by atoms with Crippen molar-refractivity contribution in [2.24, 2.45) is 17.3 Å².